The Morgan fingerprint density at radius 3 is 2.94 bits per heavy atom. The molecule has 0 spiro atoms. The minimum atomic E-state index is -0.805. The van der Waals surface area contributed by atoms with Gasteiger partial charge in [-0.15, -0.1) is 0 Å². The van der Waals surface area contributed by atoms with Crippen LogP contribution in [0.5, 0.6) is 0 Å². The summed E-state index contributed by atoms with van der Waals surface area (Å²) in [5, 5.41) is 9.45. The van der Waals surface area contributed by atoms with Crippen molar-refractivity contribution in [3.05, 3.63) is 11.9 Å². The highest BCUT2D eigenvalue weighted by atomic mass is 32.2. The molecule has 1 unspecified atom stereocenters. The van der Waals surface area contributed by atoms with Crippen molar-refractivity contribution in [3.8, 4) is 0 Å². The van der Waals surface area contributed by atoms with Gasteiger partial charge in [-0.3, -0.25) is 4.79 Å². The Morgan fingerprint density at radius 2 is 2.38 bits per heavy atom. The maximum absolute atomic E-state index is 10.5. The summed E-state index contributed by atoms with van der Waals surface area (Å²) in [5.41, 5.74) is 0.941. The Labute approximate surface area is 100 Å². The molecule has 0 aliphatic rings. The molecule has 1 N–H and O–H groups in total. The van der Waals surface area contributed by atoms with Gasteiger partial charge in [0.1, 0.15) is 0 Å². The van der Waals surface area contributed by atoms with E-state index >= 15 is 0 Å². The molecule has 1 rings (SSSR count). The molecule has 1 aromatic heterocycles. The van der Waals surface area contributed by atoms with Crippen LogP contribution in [0.3, 0.4) is 0 Å². The van der Waals surface area contributed by atoms with E-state index in [1.807, 2.05) is 13.1 Å². The largest absolute Gasteiger partial charge is 0.481 e. The third-order valence-electron chi connectivity index (χ3n) is 2.39. The number of hydrogen-bond acceptors (Lipinski definition) is 3. The molecule has 0 amide bonds. The average Bonchev–Trinajstić information content (AvgIpc) is 2.55. The molecule has 0 bridgehead atoms. The Hall–Kier alpha value is -0.970. The fourth-order valence-electron chi connectivity index (χ4n) is 1.36. The number of rotatable bonds is 6. The number of carboxylic acid groups (broad SMARTS) is 1. The van der Waals surface area contributed by atoms with Gasteiger partial charge in [-0.25, -0.2) is 4.98 Å². The highest BCUT2D eigenvalue weighted by molar-refractivity contribution is 7.99. The molecule has 0 fully saturated rings. The molecule has 0 aliphatic heterocycles. The summed E-state index contributed by atoms with van der Waals surface area (Å²) in [6.45, 7) is 7.16. The first-order valence-corrected chi connectivity index (χ1v) is 6.39. The molecule has 0 radical (unpaired) electrons. The number of carbonyl (C=O) groups is 1. The van der Waals surface area contributed by atoms with Gasteiger partial charge in [0.05, 0.1) is 11.4 Å². The summed E-state index contributed by atoms with van der Waals surface area (Å²) in [4.78, 5) is 14.8. The van der Waals surface area contributed by atoms with Crippen molar-refractivity contribution in [2.45, 2.75) is 38.9 Å². The van der Waals surface area contributed by atoms with E-state index in [-0.39, 0.29) is 5.75 Å². The van der Waals surface area contributed by atoms with Crippen LogP contribution in [0.25, 0.3) is 0 Å². The molecule has 1 aromatic rings. The van der Waals surface area contributed by atoms with Crippen LogP contribution in [-0.4, -0.2) is 26.4 Å². The number of aryl methyl sites for hydroxylation is 1. The fourth-order valence-corrected chi connectivity index (χ4v) is 2.12. The fraction of sp³-hybridized carbons (Fsp3) is 0.636. The Morgan fingerprint density at radius 1 is 1.69 bits per heavy atom. The van der Waals surface area contributed by atoms with Crippen LogP contribution in [0.2, 0.25) is 0 Å². The lowest BCUT2D eigenvalue weighted by molar-refractivity contribution is -0.133. The number of imidazole rings is 1. The summed E-state index contributed by atoms with van der Waals surface area (Å²) in [6, 6.07) is 0. The van der Waals surface area contributed by atoms with E-state index in [1.165, 1.54) is 11.8 Å². The molecular weight excluding hydrogens is 224 g/mol. The number of aliphatic carboxylic acids is 1. The van der Waals surface area contributed by atoms with Crippen molar-refractivity contribution in [1.29, 1.82) is 0 Å². The average molecular weight is 242 g/mol. The van der Waals surface area contributed by atoms with E-state index in [0.717, 1.165) is 23.8 Å². The second kappa shape index (κ2) is 5.94. The second-order valence-corrected chi connectivity index (χ2v) is 4.96. The first-order valence-electron chi connectivity index (χ1n) is 5.41. The topological polar surface area (TPSA) is 55.1 Å². The van der Waals surface area contributed by atoms with Gasteiger partial charge in [0, 0.05) is 12.7 Å². The molecule has 16 heavy (non-hydrogen) atoms. The van der Waals surface area contributed by atoms with Gasteiger partial charge in [0.15, 0.2) is 5.16 Å². The number of nitrogens with zero attached hydrogens (tertiary/aromatic N) is 2. The summed E-state index contributed by atoms with van der Waals surface area (Å²) < 4.78 is 2.05. The van der Waals surface area contributed by atoms with E-state index in [1.54, 1.807) is 0 Å². The summed E-state index contributed by atoms with van der Waals surface area (Å²) in [5.74, 6) is -0.157. The zero-order valence-electron chi connectivity index (χ0n) is 9.93. The molecule has 0 saturated carbocycles. The predicted octanol–water partition coefficient (Wildman–Crippen LogP) is 2.41. The maximum Gasteiger partial charge on any atom is 0.313 e. The Kier molecular flexibility index (Phi) is 4.86. The zero-order chi connectivity index (χ0) is 12.1. The minimum Gasteiger partial charge on any atom is -0.481 e. The molecule has 1 atom stereocenters. The highest BCUT2D eigenvalue weighted by Gasteiger charge is 2.10. The zero-order valence-corrected chi connectivity index (χ0v) is 10.8. The van der Waals surface area contributed by atoms with Crippen molar-refractivity contribution < 1.29 is 9.90 Å². The van der Waals surface area contributed by atoms with Crippen LogP contribution < -0.4 is 0 Å². The molecule has 4 nitrogen and oxygen atoms in total. The van der Waals surface area contributed by atoms with Gasteiger partial charge in [-0.1, -0.05) is 32.0 Å². The number of thioether (sulfide) groups is 1. The van der Waals surface area contributed by atoms with Gasteiger partial charge < -0.3 is 9.67 Å². The summed E-state index contributed by atoms with van der Waals surface area (Å²) >= 11 is 1.28. The van der Waals surface area contributed by atoms with Gasteiger partial charge in [-0.05, 0) is 12.8 Å². The number of aromatic nitrogens is 2. The van der Waals surface area contributed by atoms with E-state index in [0.29, 0.717) is 5.92 Å². The van der Waals surface area contributed by atoms with Crippen LogP contribution >= 0.6 is 11.8 Å². The van der Waals surface area contributed by atoms with Crippen LogP contribution in [0.4, 0.5) is 0 Å². The van der Waals surface area contributed by atoms with E-state index in [4.69, 9.17) is 5.11 Å². The molecule has 0 aromatic carbocycles. The van der Waals surface area contributed by atoms with Crippen LogP contribution in [-0.2, 0) is 11.3 Å². The van der Waals surface area contributed by atoms with Crippen molar-refractivity contribution in [2.75, 3.05) is 5.75 Å². The quantitative estimate of drug-likeness (QED) is 0.778. The van der Waals surface area contributed by atoms with Gasteiger partial charge in [0.2, 0.25) is 0 Å². The van der Waals surface area contributed by atoms with Crippen molar-refractivity contribution in [3.63, 3.8) is 0 Å². The summed E-state index contributed by atoms with van der Waals surface area (Å²) in [7, 11) is 0. The standard InChI is InChI=1S/C11H18N2O2S/c1-4-8(2)5-13-6-9(3)12-11(13)16-7-10(14)15/h6,8H,4-5,7H2,1-3H3,(H,14,15). The monoisotopic (exact) mass is 242 g/mol. The predicted molar refractivity (Wildman–Crippen MR) is 64.8 cm³/mol. The minimum absolute atomic E-state index is 0.0664. The lowest BCUT2D eigenvalue weighted by atomic mass is 10.1. The first-order chi connectivity index (χ1) is 7.52. The maximum atomic E-state index is 10.5. The van der Waals surface area contributed by atoms with Gasteiger partial charge in [0.25, 0.3) is 0 Å². The third-order valence-corrected chi connectivity index (χ3v) is 3.37. The number of hydrogen-bond donors (Lipinski definition) is 1. The lowest BCUT2D eigenvalue weighted by Gasteiger charge is -2.11. The summed E-state index contributed by atoms with van der Waals surface area (Å²) in [6.07, 6.45) is 3.09. The van der Waals surface area contributed by atoms with E-state index < -0.39 is 5.97 Å². The Bertz CT molecular complexity index is 363. The Balaban J connectivity index is 2.70. The molecule has 1 heterocycles. The van der Waals surface area contributed by atoms with Crippen LogP contribution in [0.1, 0.15) is 26.0 Å². The van der Waals surface area contributed by atoms with E-state index in [9.17, 15) is 4.79 Å². The molecule has 0 saturated heterocycles. The van der Waals surface area contributed by atoms with Gasteiger partial charge >= 0.3 is 5.97 Å². The lowest BCUT2D eigenvalue weighted by Crippen LogP contribution is -2.08. The third kappa shape index (κ3) is 3.89. The van der Waals surface area contributed by atoms with Crippen molar-refractivity contribution >= 4 is 17.7 Å². The normalized spacial score (nSPS) is 12.7. The second-order valence-electron chi connectivity index (χ2n) is 4.01. The number of carboxylic acids is 1. The molecule has 0 aliphatic carbocycles. The molecule has 5 heteroatoms. The smallest absolute Gasteiger partial charge is 0.313 e. The SMILES string of the molecule is CCC(C)Cn1cc(C)nc1SCC(=O)O. The van der Waals surface area contributed by atoms with Crippen LogP contribution in [0.15, 0.2) is 11.4 Å². The van der Waals surface area contributed by atoms with E-state index in [2.05, 4.69) is 23.4 Å². The molecule has 90 valence electrons. The van der Waals surface area contributed by atoms with Gasteiger partial charge in [-0.2, -0.15) is 0 Å². The molecular formula is C11H18N2O2S. The van der Waals surface area contributed by atoms with Crippen LogP contribution in [0, 0.1) is 12.8 Å². The first kappa shape index (κ1) is 13.1. The van der Waals surface area contributed by atoms with Crippen molar-refractivity contribution in [1.82, 2.24) is 9.55 Å². The van der Waals surface area contributed by atoms with Crippen molar-refractivity contribution in [2.24, 2.45) is 5.92 Å². The highest BCUT2D eigenvalue weighted by Crippen LogP contribution is 2.19.